The molecule has 0 saturated heterocycles. The molecule has 1 amide bonds. The molecule has 2 fully saturated rings. The molecule has 0 radical (unpaired) electrons. The van der Waals surface area contributed by atoms with Gasteiger partial charge in [-0.05, 0) is 30.6 Å². The summed E-state index contributed by atoms with van der Waals surface area (Å²) in [5.41, 5.74) is -0.568. The highest BCUT2D eigenvalue weighted by Gasteiger charge is 2.64. The zero-order valence-corrected chi connectivity index (χ0v) is 10.1. The highest BCUT2D eigenvalue weighted by Crippen LogP contribution is 2.63. The number of rotatable bonds is 1. The van der Waals surface area contributed by atoms with E-state index in [9.17, 15) is 9.90 Å². The molecule has 3 heteroatoms. The fourth-order valence-corrected chi connectivity index (χ4v) is 3.65. The van der Waals surface area contributed by atoms with Gasteiger partial charge in [0.05, 0.1) is 11.5 Å². The van der Waals surface area contributed by atoms with E-state index in [0.717, 1.165) is 19.3 Å². The quantitative estimate of drug-likeness (QED) is 0.709. The first-order valence-electron chi connectivity index (χ1n) is 5.72. The van der Waals surface area contributed by atoms with E-state index in [2.05, 4.69) is 13.8 Å². The minimum Gasteiger partial charge on any atom is -0.391 e. The molecule has 0 spiro atoms. The summed E-state index contributed by atoms with van der Waals surface area (Å²) in [7, 11) is 3.56. The molecule has 0 aromatic rings. The molecular weight excluding hydrogens is 190 g/mol. The lowest BCUT2D eigenvalue weighted by molar-refractivity contribution is -0.149. The number of aliphatic hydroxyl groups is 1. The van der Waals surface area contributed by atoms with Crippen molar-refractivity contribution in [1.29, 1.82) is 0 Å². The summed E-state index contributed by atoms with van der Waals surface area (Å²) in [6.07, 6.45) is 2.35. The summed E-state index contributed by atoms with van der Waals surface area (Å²) < 4.78 is 0. The van der Waals surface area contributed by atoms with Crippen molar-refractivity contribution >= 4 is 5.91 Å². The van der Waals surface area contributed by atoms with Crippen LogP contribution in [0.15, 0.2) is 0 Å². The van der Waals surface area contributed by atoms with Crippen LogP contribution in [0.2, 0.25) is 0 Å². The molecule has 0 aromatic heterocycles. The third-order valence-electron chi connectivity index (χ3n) is 4.66. The topological polar surface area (TPSA) is 40.5 Å². The maximum Gasteiger partial charge on any atom is 0.230 e. The van der Waals surface area contributed by atoms with Crippen LogP contribution in [-0.2, 0) is 4.79 Å². The van der Waals surface area contributed by atoms with E-state index in [1.54, 1.807) is 19.0 Å². The number of hydrogen-bond donors (Lipinski definition) is 1. The predicted octanol–water partition coefficient (Wildman–Crippen LogP) is 1.26. The van der Waals surface area contributed by atoms with Gasteiger partial charge in [-0.2, -0.15) is 0 Å². The third kappa shape index (κ3) is 1.19. The first-order chi connectivity index (χ1) is 6.82. The van der Waals surface area contributed by atoms with Crippen LogP contribution in [0.1, 0.15) is 33.1 Å². The average molecular weight is 211 g/mol. The first kappa shape index (κ1) is 10.9. The fraction of sp³-hybridized carbons (Fsp3) is 0.917. The molecule has 0 heterocycles. The van der Waals surface area contributed by atoms with E-state index < -0.39 is 11.5 Å². The van der Waals surface area contributed by atoms with E-state index in [1.807, 2.05) is 0 Å². The standard InChI is InChI=1S/C12H21NO2/c1-11(2)8-5-6-12(7-8,9(11)14)10(15)13(3)4/h8-9,14H,5-7H2,1-4H3/t8-,9-,12-/m1/s1. The highest BCUT2D eigenvalue weighted by molar-refractivity contribution is 5.84. The second-order valence-corrected chi connectivity index (χ2v) is 6.02. The number of nitrogens with zero attached hydrogens (tertiary/aromatic N) is 1. The second-order valence-electron chi connectivity index (χ2n) is 6.02. The molecule has 1 N–H and O–H groups in total. The number of carbonyl (C=O) groups excluding carboxylic acids is 1. The Morgan fingerprint density at radius 3 is 2.40 bits per heavy atom. The Bertz CT molecular complexity index is 298. The minimum atomic E-state index is -0.475. The molecule has 0 aromatic carbocycles. The van der Waals surface area contributed by atoms with Gasteiger partial charge >= 0.3 is 0 Å². The SMILES string of the molecule is CN(C)C(=O)[C@]12CC[C@H](C1)C(C)(C)[C@H]2O. The maximum atomic E-state index is 12.2. The van der Waals surface area contributed by atoms with Crippen molar-refractivity contribution in [2.45, 2.75) is 39.2 Å². The molecule has 2 rings (SSSR count). The highest BCUT2D eigenvalue weighted by atomic mass is 16.3. The largest absolute Gasteiger partial charge is 0.391 e. The van der Waals surface area contributed by atoms with Gasteiger partial charge in [0.1, 0.15) is 0 Å². The zero-order chi connectivity index (χ0) is 11.4. The van der Waals surface area contributed by atoms with Crippen molar-refractivity contribution < 1.29 is 9.90 Å². The molecule has 2 bridgehead atoms. The average Bonchev–Trinajstić information content (AvgIpc) is 2.66. The molecule has 15 heavy (non-hydrogen) atoms. The Morgan fingerprint density at radius 2 is 2.00 bits per heavy atom. The molecule has 2 aliphatic carbocycles. The Kier molecular flexibility index (Phi) is 2.16. The summed E-state index contributed by atoms with van der Waals surface area (Å²) in [6.45, 7) is 4.18. The van der Waals surface area contributed by atoms with Gasteiger partial charge in [0.25, 0.3) is 0 Å². The Morgan fingerprint density at radius 1 is 1.40 bits per heavy atom. The lowest BCUT2D eigenvalue weighted by atomic mass is 9.69. The monoisotopic (exact) mass is 211 g/mol. The minimum absolute atomic E-state index is 0.0933. The van der Waals surface area contributed by atoms with Crippen LogP contribution in [0.5, 0.6) is 0 Å². The molecule has 2 aliphatic rings. The Labute approximate surface area is 91.5 Å². The molecule has 0 unspecified atom stereocenters. The lowest BCUT2D eigenvalue weighted by Gasteiger charge is -2.40. The van der Waals surface area contributed by atoms with Gasteiger partial charge in [-0.1, -0.05) is 13.8 Å². The molecule has 0 aliphatic heterocycles. The van der Waals surface area contributed by atoms with Crippen molar-refractivity contribution in [2.24, 2.45) is 16.7 Å². The van der Waals surface area contributed by atoms with Crippen molar-refractivity contribution in [2.75, 3.05) is 14.1 Å². The number of fused-ring (bicyclic) bond motifs is 2. The van der Waals surface area contributed by atoms with E-state index >= 15 is 0 Å². The van der Waals surface area contributed by atoms with Gasteiger partial charge in [-0.25, -0.2) is 0 Å². The number of carbonyl (C=O) groups is 1. The lowest BCUT2D eigenvalue weighted by Crippen LogP contribution is -2.49. The van der Waals surface area contributed by atoms with E-state index in [0.29, 0.717) is 5.92 Å². The Balaban J connectivity index is 2.35. The molecule has 3 nitrogen and oxygen atoms in total. The van der Waals surface area contributed by atoms with Gasteiger partial charge in [0.2, 0.25) is 5.91 Å². The van der Waals surface area contributed by atoms with Crippen LogP contribution < -0.4 is 0 Å². The molecule has 86 valence electrons. The summed E-state index contributed by atoms with van der Waals surface area (Å²) in [5, 5.41) is 10.4. The van der Waals surface area contributed by atoms with E-state index in [4.69, 9.17) is 0 Å². The summed E-state index contributed by atoms with van der Waals surface area (Å²) in [6, 6.07) is 0. The molecule has 3 atom stereocenters. The first-order valence-corrected chi connectivity index (χ1v) is 5.72. The van der Waals surface area contributed by atoms with Crippen molar-refractivity contribution in [3.63, 3.8) is 0 Å². The van der Waals surface area contributed by atoms with Crippen LogP contribution in [0.25, 0.3) is 0 Å². The molecule has 2 saturated carbocycles. The fourth-order valence-electron chi connectivity index (χ4n) is 3.65. The van der Waals surface area contributed by atoms with Crippen LogP contribution in [-0.4, -0.2) is 36.1 Å². The van der Waals surface area contributed by atoms with Crippen LogP contribution in [0.3, 0.4) is 0 Å². The van der Waals surface area contributed by atoms with Crippen molar-refractivity contribution in [1.82, 2.24) is 4.90 Å². The van der Waals surface area contributed by atoms with Crippen molar-refractivity contribution in [3.8, 4) is 0 Å². The number of amides is 1. The predicted molar refractivity (Wildman–Crippen MR) is 58.3 cm³/mol. The van der Waals surface area contributed by atoms with Gasteiger partial charge in [-0.3, -0.25) is 4.79 Å². The van der Waals surface area contributed by atoms with Gasteiger partial charge in [0.15, 0.2) is 0 Å². The van der Waals surface area contributed by atoms with Crippen molar-refractivity contribution in [3.05, 3.63) is 0 Å². The zero-order valence-electron chi connectivity index (χ0n) is 10.1. The van der Waals surface area contributed by atoms with Crippen LogP contribution in [0.4, 0.5) is 0 Å². The van der Waals surface area contributed by atoms with Gasteiger partial charge in [-0.15, -0.1) is 0 Å². The van der Waals surface area contributed by atoms with Crippen LogP contribution >= 0.6 is 0 Å². The molecular formula is C12H21NO2. The number of hydrogen-bond acceptors (Lipinski definition) is 2. The smallest absolute Gasteiger partial charge is 0.230 e. The summed E-state index contributed by atoms with van der Waals surface area (Å²) >= 11 is 0. The second kappa shape index (κ2) is 2.97. The van der Waals surface area contributed by atoms with Crippen LogP contribution in [0, 0.1) is 16.7 Å². The van der Waals surface area contributed by atoms with Gasteiger partial charge < -0.3 is 10.0 Å². The Hall–Kier alpha value is -0.570. The summed E-state index contributed by atoms with van der Waals surface area (Å²) in [5.74, 6) is 0.625. The van der Waals surface area contributed by atoms with Gasteiger partial charge in [0, 0.05) is 14.1 Å². The third-order valence-corrected chi connectivity index (χ3v) is 4.66. The maximum absolute atomic E-state index is 12.2. The summed E-state index contributed by atoms with van der Waals surface area (Å²) in [4.78, 5) is 13.8. The van der Waals surface area contributed by atoms with E-state index in [1.165, 1.54) is 0 Å². The normalized spacial score (nSPS) is 41.9. The number of aliphatic hydroxyl groups excluding tert-OH is 1. The van der Waals surface area contributed by atoms with E-state index in [-0.39, 0.29) is 11.3 Å².